The maximum atomic E-state index is 5.86. The quantitative estimate of drug-likeness (QED) is 0.596. The van der Waals surface area contributed by atoms with E-state index in [1.807, 2.05) is 48.5 Å². The number of nitrogens with zero attached hydrogens (tertiary/aromatic N) is 4. The van der Waals surface area contributed by atoms with Gasteiger partial charge in [0.25, 0.3) is 0 Å². The number of halogens is 2. The summed E-state index contributed by atoms with van der Waals surface area (Å²) in [6.07, 6.45) is 3.58. The highest BCUT2D eigenvalue weighted by molar-refractivity contribution is 6.30. The number of benzene rings is 1. The molecule has 0 amide bonds. The van der Waals surface area contributed by atoms with Gasteiger partial charge in [0.15, 0.2) is 0 Å². The second-order valence-electron chi connectivity index (χ2n) is 3.51. The Bertz CT molecular complexity index is 505. The summed E-state index contributed by atoms with van der Waals surface area (Å²) in [4.78, 5) is 6.19. The van der Waals surface area contributed by atoms with Gasteiger partial charge in [0.05, 0.1) is 0 Å². The molecule has 0 unspecified atom stereocenters. The average Bonchev–Trinajstić information content (AvgIpc) is 2.84. The molecule has 18 heavy (non-hydrogen) atoms. The molecule has 0 atom stereocenters. The molecule has 0 aliphatic carbocycles. The van der Waals surface area contributed by atoms with E-state index in [1.165, 1.54) is 0 Å². The topological polar surface area (TPSA) is 33.4 Å². The first-order chi connectivity index (χ1) is 8.22. The molecule has 0 bridgehead atoms. The standard InChI is InChI=1S/C12H13ClN4.ClH/c1-14-12(17-9-3-8-15-17)16(2)11-6-4-10(13)5-7-11;/h3-9H,1-2H3;1H. The van der Waals surface area contributed by atoms with Gasteiger partial charge in [0.1, 0.15) is 0 Å². The molecule has 0 fully saturated rings. The van der Waals surface area contributed by atoms with Gasteiger partial charge in [-0.05, 0) is 30.3 Å². The van der Waals surface area contributed by atoms with E-state index in [9.17, 15) is 0 Å². The molecule has 2 rings (SSSR count). The maximum Gasteiger partial charge on any atom is 0.225 e. The molecule has 0 aliphatic rings. The van der Waals surface area contributed by atoms with Gasteiger partial charge in [-0.25, -0.2) is 4.68 Å². The van der Waals surface area contributed by atoms with Crippen LogP contribution >= 0.6 is 24.0 Å². The molecule has 1 aromatic carbocycles. The SMILES string of the molecule is CN=C(N(C)c1ccc(Cl)cc1)n1cccn1.Cl. The summed E-state index contributed by atoms with van der Waals surface area (Å²) in [5, 5.41) is 4.89. The number of aromatic nitrogens is 2. The Labute approximate surface area is 117 Å². The maximum absolute atomic E-state index is 5.86. The largest absolute Gasteiger partial charge is 0.314 e. The zero-order chi connectivity index (χ0) is 12.3. The van der Waals surface area contributed by atoms with Gasteiger partial charge in [0.2, 0.25) is 5.96 Å². The number of anilines is 1. The van der Waals surface area contributed by atoms with Crippen LogP contribution in [0.15, 0.2) is 47.7 Å². The Morgan fingerprint density at radius 3 is 2.50 bits per heavy atom. The molecule has 6 heteroatoms. The van der Waals surface area contributed by atoms with E-state index in [0.717, 1.165) is 16.7 Å². The highest BCUT2D eigenvalue weighted by Crippen LogP contribution is 2.17. The van der Waals surface area contributed by atoms with Crippen LogP contribution in [0.25, 0.3) is 0 Å². The summed E-state index contributed by atoms with van der Waals surface area (Å²) < 4.78 is 1.72. The van der Waals surface area contributed by atoms with Crippen LogP contribution in [0.5, 0.6) is 0 Å². The Kier molecular flexibility index (Phi) is 5.19. The zero-order valence-electron chi connectivity index (χ0n) is 10.1. The Morgan fingerprint density at radius 2 is 2.00 bits per heavy atom. The lowest BCUT2D eigenvalue weighted by atomic mass is 10.3. The van der Waals surface area contributed by atoms with Gasteiger partial charge in [-0.3, -0.25) is 4.99 Å². The monoisotopic (exact) mass is 284 g/mol. The van der Waals surface area contributed by atoms with E-state index in [4.69, 9.17) is 11.6 Å². The minimum absolute atomic E-state index is 0. The van der Waals surface area contributed by atoms with Gasteiger partial charge < -0.3 is 4.90 Å². The van der Waals surface area contributed by atoms with Crippen LogP contribution < -0.4 is 4.90 Å². The summed E-state index contributed by atoms with van der Waals surface area (Å²) in [6, 6.07) is 9.45. The summed E-state index contributed by atoms with van der Waals surface area (Å²) in [6.45, 7) is 0. The molecular weight excluding hydrogens is 271 g/mol. The molecule has 4 nitrogen and oxygen atoms in total. The van der Waals surface area contributed by atoms with Crippen LogP contribution in [0, 0.1) is 0 Å². The Balaban J connectivity index is 0.00000162. The summed E-state index contributed by atoms with van der Waals surface area (Å²) in [5.74, 6) is 0.748. The van der Waals surface area contributed by atoms with Gasteiger partial charge in [0, 0.05) is 37.2 Å². The molecule has 96 valence electrons. The highest BCUT2D eigenvalue weighted by Gasteiger charge is 2.10. The Morgan fingerprint density at radius 1 is 1.33 bits per heavy atom. The molecule has 2 aromatic rings. The molecule has 0 saturated heterocycles. The van der Waals surface area contributed by atoms with E-state index < -0.39 is 0 Å². The van der Waals surface area contributed by atoms with E-state index in [1.54, 1.807) is 17.9 Å². The van der Waals surface area contributed by atoms with Crippen molar-refractivity contribution >= 4 is 35.7 Å². The van der Waals surface area contributed by atoms with E-state index >= 15 is 0 Å². The van der Waals surface area contributed by atoms with Crippen LogP contribution in [0.4, 0.5) is 5.69 Å². The van der Waals surface area contributed by atoms with E-state index in [2.05, 4.69) is 10.1 Å². The third kappa shape index (κ3) is 3.03. The lowest BCUT2D eigenvalue weighted by molar-refractivity contribution is 0.898. The predicted molar refractivity (Wildman–Crippen MR) is 78.1 cm³/mol. The van der Waals surface area contributed by atoms with Gasteiger partial charge in [-0.15, -0.1) is 12.4 Å². The summed E-state index contributed by atoms with van der Waals surface area (Å²) >= 11 is 5.86. The molecular formula is C12H14Cl2N4. The van der Waals surface area contributed by atoms with Crippen molar-refractivity contribution in [1.82, 2.24) is 9.78 Å². The number of hydrogen-bond donors (Lipinski definition) is 0. The summed E-state index contributed by atoms with van der Waals surface area (Å²) in [5.41, 5.74) is 1.01. The van der Waals surface area contributed by atoms with E-state index in [0.29, 0.717) is 0 Å². The highest BCUT2D eigenvalue weighted by atomic mass is 35.5. The fourth-order valence-electron chi connectivity index (χ4n) is 1.57. The molecule has 0 saturated carbocycles. The van der Waals surface area contributed by atoms with Crippen molar-refractivity contribution in [3.05, 3.63) is 47.7 Å². The van der Waals surface area contributed by atoms with Crippen LogP contribution in [-0.2, 0) is 0 Å². The van der Waals surface area contributed by atoms with Crippen molar-refractivity contribution in [3.63, 3.8) is 0 Å². The first-order valence-corrected chi connectivity index (χ1v) is 5.56. The van der Waals surface area contributed by atoms with Crippen molar-refractivity contribution < 1.29 is 0 Å². The number of rotatable bonds is 1. The molecule has 0 radical (unpaired) electrons. The van der Waals surface area contributed by atoms with Crippen molar-refractivity contribution in [3.8, 4) is 0 Å². The normalized spacial score (nSPS) is 10.9. The minimum Gasteiger partial charge on any atom is -0.314 e. The van der Waals surface area contributed by atoms with Gasteiger partial charge in [-0.1, -0.05) is 11.6 Å². The van der Waals surface area contributed by atoms with Gasteiger partial charge in [-0.2, -0.15) is 5.10 Å². The minimum atomic E-state index is 0. The lowest BCUT2D eigenvalue weighted by Crippen LogP contribution is -2.33. The fraction of sp³-hybridized carbons (Fsp3) is 0.167. The average molecular weight is 285 g/mol. The van der Waals surface area contributed by atoms with Crippen LogP contribution in [0.1, 0.15) is 0 Å². The first kappa shape index (κ1) is 14.5. The van der Waals surface area contributed by atoms with Crippen molar-refractivity contribution in [2.24, 2.45) is 4.99 Å². The third-order valence-corrected chi connectivity index (χ3v) is 2.68. The number of hydrogen-bond acceptors (Lipinski definition) is 2. The van der Waals surface area contributed by atoms with Crippen molar-refractivity contribution in [2.45, 2.75) is 0 Å². The smallest absolute Gasteiger partial charge is 0.225 e. The van der Waals surface area contributed by atoms with Crippen LogP contribution in [0.2, 0.25) is 5.02 Å². The molecule has 1 heterocycles. The third-order valence-electron chi connectivity index (χ3n) is 2.42. The molecule has 1 aromatic heterocycles. The summed E-state index contributed by atoms with van der Waals surface area (Å²) in [7, 11) is 3.68. The first-order valence-electron chi connectivity index (χ1n) is 5.18. The van der Waals surface area contributed by atoms with Crippen molar-refractivity contribution in [2.75, 3.05) is 19.0 Å². The Hall–Kier alpha value is -1.52. The molecule has 0 spiro atoms. The fourth-order valence-corrected chi connectivity index (χ4v) is 1.70. The van der Waals surface area contributed by atoms with Crippen LogP contribution in [0.3, 0.4) is 0 Å². The molecule has 0 N–H and O–H groups in total. The zero-order valence-corrected chi connectivity index (χ0v) is 11.7. The van der Waals surface area contributed by atoms with Crippen LogP contribution in [-0.4, -0.2) is 29.8 Å². The van der Waals surface area contributed by atoms with E-state index in [-0.39, 0.29) is 12.4 Å². The van der Waals surface area contributed by atoms with Crippen molar-refractivity contribution in [1.29, 1.82) is 0 Å². The second-order valence-corrected chi connectivity index (χ2v) is 3.95. The van der Waals surface area contributed by atoms with Gasteiger partial charge >= 0.3 is 0 Å². The lowest BCUT2D eigenvalue weighted by Gasteiger charge is -2.20. The number of aliphatic imine (C=N–C) groups is 1. The second kappa shape index (κ2) is 6.42. The predicted octanol–water partition coefficient (Wildman–Crippen LogP) is 2.93. The molecule has 0 aliphatic heterocycles.